The maximum absolute atomic E-state index is 11.6. The Morgan fingerprint density at radius 2 is 1.77 bits per heavy atom. The highest BCUT2D eigenvalue weighted by Crippen LogP contribution is 2.36. The molecule has 0 heterocycles. The zero-order valence-electron chi connectivity index (χ0n) is 13.8. The van der Waals surface area contributed by atoms with Crippen LogP contribution in [0.25, 0.3) is 0 Å². The summed E-state index contributed by atoms with van der Waals surface area (Å²) in [6, 6.07) is 8.74. The van der Waals surface area contributed by atoms with Gasteiger partial charge in [-0.3, -0.25) is 4.18 Å². The van der Waals surface area contributed by atoms with E-state index in [2.05, 4.69) is 31.2 Å². The summed E-state index contributed by atoms with van der Waals surface area (Å²) in [4.78, 5) is 0. The molecule has 22 heavy (non-hydrogen) atoms. The quantitative estimate of drug-likeness (QED) is 0.697. The molecule has 0 aromatic heterocycles. The molecule has 1 aromatic carbocycles. The van der Waals surface area contributed by atoms with Gasteiger partial charge in [0.2, 0.25) is 0 Å². The Kier molecular flexibility index (Phi) is 6.45. The van der Waals surface area contributed by atoms with Gasteiger partial charge in [0.25, 0.3) is 10.1 Å². The van der Waals surface area contributed by atoms with Crippen molar-refractivity contribution in [2.45, 2.75) is 70.8 Å². The highest BCUT2D eigenvalue weighted by Gasteiger charge is 2.27. The summed E-state index contributed by atoms with van der Waals surface area (Å²) in [6.45, 7) is 3.85. The van der Waals surface area contributed by atoms with Gasteiger partial charge >= 0.3 is 0 Å². The monoisotopic (exact) mass is 324 g/mol. The molecular formula is C18H28O3S. The summed E-state index contributed by atoms with van der Waals surface area (Å²) >= 11 is 0. The van der Waals surface area contributed by atoms with Crippen molar-refractivity contribution in [1.82, 2.24) is 0 Å². The van der Waals surface area contributed by atoms with E-state index in [0.717, 1.165) is 32.1 Å². The Morgan fingerprint density at radius 3 is 2.41 bits per heavy atom. The molecule has 0 radical (unpaired) electrons. The van der Waals surface area contributed by atoms with Gasteiger partial charge in [0, 0.05) is 0 Å². The Balaban J connectivity index is 1.97. The zero-order valence-corrected chi connectivity index (χ0v) is 14.6. The van der Waals surface area contributed by atoms with Crippen molar-refractivity contribution in [2.75, 3.05) is 5.75 Å². The van der Waals surface area contributed by atoms with E-state index in [1.807, 2.05) is 0 Å². The van der Waals surface area contributed by atoms with Crippen LogP contribution in [-0.2, 0) is 20.7 Å². The third-order valence-corrected chi connectivity index (χ3v) is 5.88. The first-order valence-corrected chi connectivity index (χ1v) is 10.1. The number of unbranched alkanes of at least 4 members (excludes halogenated alkanes) is 1. The molecule has 1 fully saturated rings. The molecule has 2 rings (SSSR count). The molecule has 1 aromatic rings. The Hall–Kier alpha value is -0.870. The summed E-state index contributed by atoms with van der Waals surface area (Å²) in [6.07, 6.45) is 7.18. The van der Waals surface area contributed by atoms with Gasteiger partial charge in [-0.2, -0.15) is 8.42 Å². The summed E-state index contributed by atoms with van der Waals surface area (Å²) < 4.78 is 28.4. The molecule has 0 atom stereocenters. The van der Waals surface area contributed by atoms with Gasteiger partial charge in [-0.1, -0.05) is 37.6 Å². The van der Waals surface area contributed by atoms with Crippen molar-refractivity contribution in [3.8, 4) is 0 Å². The first-order chi connectivity index (χ1) is 10.6. The molecule has 0 amide bonds. The lowest BCUT2D eigenvalue weighted by molar-refractivity contribution is 0.153. The number of hydrogen-bond acceptors (Lipinski definition) is 3. The smallest absolute Gasteiger partial charge is 0.267 e. The van der Waals surface area contributed by atoms with Crippen LogP contribution in [0.4, 0.5) is 0 Å². The number of rotatable bonds is 7. The fourth-order valence-electron chi connectivity index (χ4n) is 3.27. The Bertz CT molecular complexity index is 557. The van der Waals surface area contributed by atoms with Gasteiger partial charge in [0.1, 0.15) is 0 Å². The minimum Gasteiger partial charge on any atom is -0.267 e. The summed E-state index contributed by atoms with van der Waals surface area (Å²) in [7, 11) is -3.32. The standard InChI is InChI=1S/C18H28O3S/c1-3-5-8-15-9-6-7-10-18(15)16-11-13-17(14-12-16)21-22(19,20)4-2/h6-7,9-10,16-17H,3-5,8,11-14H2,1-2H3. The number of hydrogen-bond donors (Lipinski definition) is 0. The van der Waals surface area contributed by atoms with Crippen molar-refractivity contribution in [3.05, 3.63) is 35.4 Å². The average Bonchev–Trinajstić information content (AvgIpc) is 2.54. The van der Waals surface area contributed by atoms with Crippen LogP contribution in [-0.4, -0.2) is 20.3 Å². The Labute approximate surface area is 135 Å². The van der Waals surface area contributed by atoms with Crippen molar-refractivity contribution in [2.24, 2.45) is 0 Å². The predicted octanol–water partition coefficient (Wildman–Crippen LogP) is 4.42. The molecule has 1 aliphatic rings. The first kappa shape index (κ1) is 17.5. The normalized spacial score (nSPS) is 22.6. The molecule has 4 heteroatoms. The molecule has 3 nitrogen and oxygen atoms in total. The molecule has 1 aliphatic carbocycles. The summed E-state index contributed by atoms with van der Waals surface area (Å²) in [5, 5.41) is 0. The molecule has 0 spiro atoms. The topological polar surface area (TPSA) is 43.4 Å². The van der Waals surface area contributed by atoms with Crippen LogP contribution in [0.15, 0.2) is 24.3 Å². The van der Waals surface area contributed by atoms with Gasteiger partial charge in [-0.05, 0) is 62.5 Å². The van der Waals surface area contributed by atoms with Crippen molar-refractivity contribution in [1.29, 1.82) is 0 Å². The maximum Gasteiger partial charge on any atom is 0.267 e. The third kappa shape index (κ3) is 4.82. The lowest BCUT2D eigenvalue weighted by Gasteiger charge is -2.29. The fraction of sp³-hybridized carbons (Fsp3) is 0.667. The van der Waals surface area contributed by atoms with Gasteiger partial charge in [0.15, 0.2) is 0 Å². The second-order valence-corrected chi connectivity index (χ2v) is 8.10. The first-order valence-electron chi connectivity index (χ1n) is 8.54. The molecular weight excluding hydrogens is 296 g/mol. The molecule has 0 aliphatic heterocycles. The molecule has 0 saturated heterocycles. The lowest BCUT2D eigenvalue weighted by Crippen LogP contribution is -2.25. The van der Waals surface area contributed by atoms with Crippen molar-refractivity contribution in [3.63, 3.8) is 0 Å². The SMILES string of the molecule is CCCCc1ccccc1C1CCC(OS(=O)(=O)CC)CC1. The highest BCUT2D eigenvalue weighted by atomic mass is 32.2. The summed E-state index contributed by atoms with van der Waals surface area (Å²) in [5.74, 6) is 0.615. The zero-order chi connectivity index (χ0) is 16.0. The van der Waals surface area contributed by atoms with Crippen molar-refractivity contribution < 1.29 is 12.6 Å². The van der Waals surface area contributed by atoms with E-state index >= 15 is 0 Å². The third-order valence-electron chi connectivity index (χ3n) is 4.61. The fourth-order valence-corrected chi connectivity index (χ4v) is 4.02. The average molecular weight is 324 g/mol. The Morgan fingerprint density at radius 1 is 1.09 bits per heavy atom. The highest BCUT2D eigenvalue weighted by molar-refractivity contribution is 7.86. The van der Waals surface area contributed by atoms with Crippen LogP contribution in [0.5, 0.6) is 0 Å². The van der Waals surface area contributed by atoms with Crippen molar-refractivity contribution >= 4 is 10.1 Å². The second kappa shape index (κ2) is 8.11. The van der Waals surface area contributed by atoms with Crippen LogP contribution in [0.3, 0.4) is 0 Å². The van der Waals surface area contributed by atoms with Crippen LogP contribution < -0.4 is 0 Å². The van der Waals surface area contributed by atoms with E-state index in [0.29, 0.717) is 5.92 Å². The van der Waals surface area contributed by atoms with E-state index in [4.69, 9.17) is 4.18 Å². The molecule has 0 N–H and O–H groups in total. The van der Waals surface area contributed by atoms with E-state index in [9.17, 15) is 8.42 Å². The minimum atomic E-state index is -3.32. The van der Waals surface area contributed by atoms with Gasteiger partial charge in [-0.25, -0.2) is 0 Å². The largest absolute Gasteiger partial charge is 0.267 e. The van der Waals surface area contributed by atoms with E-state index in [1.165, 1.54) is 24.0 Å². The van der Waals surface area contributed by atoms with Gasteiger partial charge in [0.05, 0.1) is 11.9 Å². The number of benzene rings is 1. The molecule has 124 valence electrons. The lowest BCUT2D eigenvalue weighted by atomic mass is 9.80. The van der Waals surface area contributed by atoms with Crippen LogP contribution in [0.2, 0.25) is 0 Å². The maximum atomic E-state index is 11.6. The second-order valence-electron chi connectivity index (χ2n) is 6.22. The summed E-state index contributed by atoms with van der Waals surface area (Å²) in [5.41, 5.74) is 2.93. The predicted molar refractivity (Wildman–Crippen MR) is 90.6 cm³/mol. The van der Waals surface area contributed by atoms with Gasteiger partial charge in [-0.15, -0.1) is 0 Å². The van der Waals surface area contributed by atoms with Gasteiger partial charge < -0.3 is 0 Å². The van der Waals surface area contributed by atoms with E-state index < -0.39 is 10.1 Å². The molecule has 0 unspecified atom stereocenters. The van der Waals surface area contributed by atoms with E-state index in [1.54, 1.807) is 6.92 Å². The van der Waals surface area contributed by atoms with Crippen LogP contribution >= 0.6 is 0 Å². The van der Waals surface area contributed by atoms with Crippen LogP contribution in [0, 0.1) is 0 Å². The number of aryl methyl sites for hydroxylation is 1. The van der Waals surface area contributed by atoms with Crippen LogP contribution in [0.1, 0.15) is 69.4 Å². The molecule has 0 bridgehead atoms. The minimum absolute atomic E-state index is 0.0623. The van der Waals surface area contributed by atoms with E-state index in [-0.39, 0.29) is 11.9 Å². The molecule has 1 saturated carbocycles.